The molecule has 144 valence electrons. The molecule has 1 saturated heterocycles. The first-order valence-electron chi connectivity index (χ1n) is 8.80. The topological polar surface area (TPSA) is 104 Å². The zero-order chi connectivity index (χ0) is 20.0. The number of para-hydroxylation sites is 1. The molecular formula is C19H13BrN6O3. The maximum absolute atomic E-state index is 12.9. The van der Waals surface area contributed by atoms with E-state index in [1.54, 1.807) is 24.3 Å². The first kappa shape index (κ1) is 17.7. The molecule has 0 radical (unpaired) electrons. The van der Waals surface area contributed by atoms with Gasteiger partial charge in [-0.1, -0.05) is 44.5 Å². The van der Waals surface area contributed by atoms with Crippen LogP contribution >= 0.6 is 15.9 Å². The summed E-state index contributed by atoms with van der Waals surface area (Å²) in [7, 11) is 0. The van der Waals surface area contributed by atoms with E-state index < -0.39 is 18.0 Å². The SMILES string of the molecule is O=C1[C@@H]2N=NN(Cc3nc(-c4ccc(Br)cc4)no3)[C@H]2C(=O)N1c1ccccc1. The van der Waals surface area contributed by atoms with Crippen LogP contribution < -0.4 is 4.90 Å². The fourth-order valence-corrected chi connectivity index (χ4v) is 3.62. The van der Waals surface area contributed by atoms with Crippen molar-refractivity contribution in [2.75, 3.05) is 4.90 Å². The molecule has 1 aromatic heterocycles. The van der Waals surface area contributed by atoms with E-state index in [9.17, 15) is 9.59 Å². The second-order valence-corrected chi connectivity index (χ2v) is 7.47. The van der Waals surface area contributed by atoms with Gasteiger partial charge in [0.2, 0.25) is 11.7 Å². The van der Waals surface area contributed by atoms with Crippen molar-refractivity contribution in [3.8, 4) is 11.4 Å². The van der Waals surface area contributed by atoms with E-state index in [2.05, 4.69) is 36.4 Å². The molecule has 2 aromatic carbocycles. The Morgan fingerprint density at radius 2 is 1.76 bits per heavy atom. The summed E-state index contributed by atoms with van der Waals surface area (Å²) in [5.41, 5.74) is 1.31. The molecule has 1 fully saturated rings. The lowest BCUT2D eigenvalue weighted by molar-refractivity contribution is -0.123. The molecule has 0 unspecified atom stereocenters. The van der Waals surface area contributed by atoms with Gasteiger partial charge in [-0.2, -0.15) is 10.1 Å². The molecule has 3 heterocycles. The first-order valence-corrected chi connectivity index (χ1v) is 9.60. The number of hydrogen-bond donors (Lipinski definition) is 0. The Hall–Kier alpha value is -3.40. The predicted molar refractivity (Wildman–Crippen MR) is 104 cm³/mol. The van der Waals surface area contributed by atoms with Crippen molar-refractivity contribution in [3.05, 3.63) is 65.0 Å². The van der Waals surface area contributed by atoms with Gasteiger partial charge in [-0.25, -0.2) is 4.90 Å². The molecule has 29 heavy (non-hydrogen) atoms. The Kier molecular flexibility index (Phi) is 4.20. The highest BCUT2D eigenvalue weighted by Crippen LogP contribution is 2.32. The number of aromatic nitrogens is 2. The van der Waals surface area contributed by atoms with Crippen LogP contribution in [0.4, 0.5) is 5.69 Å². The number of carbonyl (C=O) groups is 2. The number of rotatable bonds is 4. The quantitative estimate of drug-likeness (QED) is 0.563. The van der Waals surface area contributed by atoms with Gasteiger partial charge in [0, 0.05) is 10.0 Å². The molecule has 2 aliphatic rings. The van der Waals surface area contributed by atoms with Gasteiger partial charge in [0.05, 0.1) is 5.69 Å². The Bertz CT molecular complexity index is 1110. The Morgan fingerprint density at radius 3 is 2.52 bits per heavy atom. The molecule has 2 amide bonds. The van der Waals surface area contributed by atoms with Crippen LogP contribution in [0, 0.1) is 0 Å². The number of hydrogen-bond acceptors (Lipinski definition) is 8. The Balaban J connectivity index is 1.36. The summed E-state index contributed by atoms with van der Waals surface area (Å²) in [6, 6.07) is 14.6. The van der Waals surface area contributed by atoms with Crippen LogP contribution in [0.5, 0.6) is 0 Å². The normalized spacial score (nSPS) is 20.6. The second-order valence-electron chi connectivity index (χ2n) is 6.56. The standard InChI is InChI=1S/C19H13BrN6O3/c20-12-8-6-11(7-9-12)17-21-14(29-23-17)10-25-16-15(22-24-25)18(27)26(19(16)28)13-4-2-1-3-5-13/h1-9,15-16H,10H2/t15-,16-/m1/s1. The number of amides is 2. The van der Waals surface area contributed by atoms with Gasteiger partial charge in [0.1, 0.15) is 6.54 Å². The molecule has 5 rings (SSSR count). The van der Waals surface area contributed by atoms with Gasteiger partial charge >= 0.3 is 0 Å². The smallest absolute Gasteiger partial charge is 0.263 e. The lowest BCUT2D eigenvalue weighted by Crippen LogP contribution is -2.39. The van der Waals surface area contributed by atoms with Crippen LogP contribution in [-0.4, -0.2) is 39.0 Å². The molecule has 0 aliphatic carbocycles. The lowest BCUT2D eigenvalue weighted by atomic mass is 10.1. The van der Waals surface area contributed by atoms with E-state index in [4.69, 9.17) is 4.52 Å². The Labute approximate surface area is 173 Å². The summed E-state index contributed by atoms with van der Waals surface area (Å²) in [4.78, 5) is 31.1. The van der Waals surface area contributed by atoms with Crippen molar-refractivity contribution in [1.29, 1.82) is 0 Å². The highest BCUT2D eigenvalue weighted by Gasteiger charge is 2.55. The number of fused-ring (bicyclic) bond motifs is 1. The van der Waals surface area contributed by atoms with Crippen molar-refractivity contribution in [3.63, 3.8) is 0 Å². The lowest BCUT2D eigenvalue weighted by Gasteiger charge is -2.19. The van der Waals surface area contributed by atoms with Crippen molar-refractivity contribution >= 4 is 33.4 Å². The van der Waals surface area contributed by atoms with E-state index in [1.807, 2.05) is 30.3 Å². The molecule has 10 heteroatoms. The van der Waals surface area contributed by atoms with Gasteiger partial charge < -0.3 is 4.52 Å². The van der Waals surface area contributed by atoms with Gasteiger partial charge in [0.15, 0.2) is 12.1 Å². The molecule has 0 bridgehead atoms. The summed E-state index contributed by atoms with van der Waals surface area (Å²) < 4.78 is 6.25. The second kappa shape index (κ2) is 6.89. The predicted octanol–water partition coefficient (Wildman–Crippen LogP) is 2.99. The van der Waals surface area contributed by atoms with E-state index in [0.29, 0.717) is 11.5 Å². The minimum Gasteiger partial charge on any atom is -0.337 e. The van der Waals surface area contributed by atoms with Crippen molar-refractivity contribution < 1.29 is 14.1 Å². The highest BCUT2D eigenvalue weighted by atomic mass is 79.9. The van der Waals surface area contributed by atoms with Crippen molar-refractivity contribution in [1.82, 2.24) is 15.1 Å². The highest BCUT2D eigenvalue weighted by molar-refractivity contribution is 9.10. The molecule has 0 spiro atoms. The van der Waals surface area contributed by atoms with Crippen LogP contribution in [0.3, 0.4) is 0 Å². The average molecular weight is 453 g/mol. The number of carbonyl (C=O) groups excluding carboxylic acids is 2. The summed E-state index contributed by atoms with van der Waals surface area (Å²) >= 11 is 3.38. The fourth-order valence-electron chi connectivity index (χ4n) is 3.36. The molecular weight excluding hydrogens is 440 g/mol. The van der Waals surface area contributed by atoms with Gasteiger partial charge in [-0.3, -0.25) is 14.6 Å². The number of nitrogens with zero attached hydrogens (tertiary/aromatic N) is 6. The van der Waals surface area contributed by atoms with E-state index in [-0.39, 0.29) is 18.3 Å². The minimum absolute atomic E-state index is 0.0792. The maximum Gasteiger partial charge on any atom is 0.263 e. The van der Waals surface area contributed by atoms with E-state index in [0.717, 1.165) is 14.9 Å². The van der Waals surface area contributed by atoms with Crippen LogP contribution in [0.1, 0.15) is 5.89 Å². The molecule has 2 aliphatic heterocycles. The van der Waals surface area contributed by atoms with Gasteiger partial charge in [-0.15, -0.1) is 0 Å². The van der Waals surface area contributed by atoms with Crippen molar-refractivity contribution in [2.24, 2.45) is 10.3 Å². The van der Waals surface area contributed by atoms with Gasteiger partial charge in [0.25, 0.3) is 11.8 Å². The third kappa shape index (κ3) is 3.01. The maximum atomic E-state index is 12.9. The van der Waals surface area contributed by atoms with Crippen LogP contribution in [0.25, 0.3) is 11.4 Å². The van der Waals surface area contributed by atoms with Crippen LogP contribution in [0.2, 0.25) is 0 Å². The first-order chi connectivity index (χ1) is 14.1. The molecule has 9 nitrogen and oxygen atoms in total. The zero-order valence-corrected chi connectivity index (χ0v) is 16.4. The fraction of sp³-hybridized carbons (Fsp3) is 0.158. The van der Waals surface area contributed by atoms with Gasteiger partial charge in [-0.05, 0) is 36.4 Å². The summed E-state index contributed by atoms with van der Waals surface area (Å²) in [6.07, 6.45) is 0. The van der Waals surface area contributed by atoms with Crippen LogP contribution in [0.15, 0.2) is 73.9 Å². The van der Waals surface area contributed by atoms with Crippen molar-refractivity contribution in [2.45, 2.75) is 18.6 Å². The largest absolute Gasteiger partial charge is 0.337 e. The number of anilines is 1. The molecule has 3 aromatic rings. The number of imide groups is 1. The monoisotopic (exact) mass is 452 g/mol. The Morgan fingerprint density at radius 1 is 1.00 bits per heavy atom. The number of benzene rings is 2. The molecule has 0 saturated carbocycles. The average Bonchev–Trinajstić information content (AvgIpc) is 3.42. The third-order valence-corrected chi connectivity index (χ3v) is 5.27. The summed E-state index contributed by atoms with van der Waals surface area (Å²) in [5.74, 6) is -0.0526. The third-order valence-electron chi connectivity index (χ3n) is 4.74. The van der Waals surface area contributed by atoms with Crippen LogP contribution in [-0.2, 0) is 16.1 Å². The molecule has 0 N–H and O–H groups in total. The summed E-state index contributed by atoms with van der Waals surface area (Å²) in [5, 5.41) is 13.4. The van der Waals surface area contributed by atoms with E-state index >= 15 is 0 Å². The molecule has 2 atom stereocenters. The number of halogens is 1. The minimum atomic E-state index is -0.864. The van der Waals surface area contributed by atoms with E-state index in [1.165, 1.54) is 5.01 Å². The zero-order valence-electron chi connectivity index (χ0n) is 14.8. The summed E-state index contributed by atoms with van der Waals surface area (Å²) in [6.45, 7) is 0.0792.